The molecule has 0 aromatic heterocycles. The molecule has 0 aliphatic carbocycles. The number of hydrazone groups is 1. The molecular weight excluding hydrogens is 442 g/mol. The van der Waals surface area contributed by atoms with Crippen LogP contribution in [0.3, 0.4) is 0 Å². The minimum atomic E-state index is -0.919. The number of anilines is 1. The normalized spacial score (nSPS) is 11.0. The highest BCUT2D eigenvalue weighted by atomic mass is 35.5. The summed E-state index contributed by atoms with van der Waals surface area (Å²) >= 11 is 6.02. The number of hydrogen-bond donors (Lipinski definition) is 2. The quantitative estimate of drug-likeness (QED) is 0.189. The summed E-state index contributed by atoms with van der Waals surface area (Å²) in [7, 11) is 0. The number of esters is 1. The molecule has 0 heterocycles. The number of ether oxygens (including phenoxy) is 1. The zero-order valence-corrected chi connectivity index (χ0v) is 19.1. The number of halogens is 1. The van der Waals surface area contributed by atoms with Gasteiger partial charge in [-0.15, -0.1) is 0 Å². The van der Waals surface area contributed by atoms with Crippen molar-refractivity contribution in [2.45, 2.75) is 20.8 Å². The van der Waals surface area contributed by atoms with Crippen molar-refractivity contribution in [3.05, 3.63) is 94.0 Å². The third kappa shape index (κ3) is 6.27. The lowest BCUT2D eigenvalue weighted by Crippen LogP contribution is -2.33. The van der Waals surface area contributed by atoms with Gasteiger partial charge in [0.05, 0.1) is 11.3 Å². The van der Waals surface area contributed by atoms with Gasteiger partial charge in [0.25, 0.3) is 0 Å². The van der Waals surface area contributed by atoms with Crippen LogP contribution in [0.5, 0.6) is 5.75 Å². The lowest BCUT2D eigenvalue weighted by atomic mass is 10.1. The minimum Gasteiger partial charge on any atom is -0.423 e. The molecule has 0 spiro atoms. The Morgan fingerprint density at radius 2 is 1.58 bits per heavy atom. The topological polar surface area (TPSA) is 96.9 Å². The van der Waals surface area contributed by atoms with E-state index in [2.05, 4.69) is 15.8 Å². The van der Waals surface area contributed by atoms with E-state index in [1.807, 2.05) is 13.0 Å². The lowest BCUT2D eigenvalue weighted by molar-refractivity contribution is -0.136. The first-order valence-electron chi connectivity index (χ1n) is 10.0. The molecule has 3 rings (SSSR count). The van der Waals surface area contributed by atoms with Crippen LogP contribution in [0.15, 0.2) is 71.8 Å². The number of carbonyl (C=O) groups excluding carboxylic acids is 3. The molecule has 0 saturated heterocycles. The molecule has 3 aromatic rings. The highest BCUT2D eigenvalue weighted by Gasteiger charge is 2.15. The first-order valence-corrected chi connectivity index (χ1v) is 10.4. The van der Waals surface area contributed by atoms with Gasteiger partial charge in [-0.2, -0.15) is 5.10 Å². The lowest BCUT2D eigenvalue weighted by Gasteiger charge is -2.09. The van der Waals surface area contributed by atoms with E-state index in [0.29, 0.717) is 38.9 Å². The van der Waals surface area contributed by atoms with Crippen molar-refractivity contribution < 1.29 is 19.1 Å². The number of carbonyl (C=O) groups is 3. The fraction of sp³-hybridized carbons (Fsp3) is 0.120. The monoisotopic (exact) mass is 463 g/mol. The molecule has 2 N–H and O–H groups in total. The number of nitrogens with one attached hydrogen (secondary N) is 2. The molecule has 3 aromatic carbocycles. The van der Waals surface area contributed by atoms with E-state index >= 15 is 0 Å². The standard InChI is InChI=1S/C25H22ClN3O4/c1-15-6-4-7-19(14-15)25(32)33-20-12-10-18(11-13-20)17(3)28-29-24(31)23(30)27-22-9-5-8-21(26)16(22)2/h4-14H,1-3H3,(H,27,30)(H,29,31). The number of nitrogens with zero attached hydrogens (tertiary/aromatic N) is 1. The molecule has 33 heavy (non-hydrogen) atoms. The summed E-state index contributed by atoms with van der Waals surface area (Å²) in [5.41, 5.74) is 5.90. The zero-order chi connectivity index (χ0) is 24.0. The van der Waals surface area contributed by atoms with Gasteiger partial charge in [0.15, 0.2) is 0 Å². The Labute approximate surface area is 196 Å². The van der Waals surface area contributed by atoms with E-state index in [9.17, 15) is 14.4 Å². The van der Waals surface area contributed by atoms with Gasteiger partial charge in [0.1, 0.15) is 5.75 Å². The summed E-state index contributed by atoms with van der Waals surface area (Å²) in [6, 6.07) is 18.8. The molecule has 0 aliphatic heterocycles. The van der Waals surface area contributed by atoms with E-state index in [1.165, 1.54) is 0 Å². The molecular formula is C25H22ClN3O4. The average Bonchev–Trinajstić information content (AvgIpc) is 2.80. The van der Waals surface area contributed by atoms with E-state index in [4.69, 9.17) is 16.3 Å². The van der Waals surface area contributed by atoms with E-state index in [1.54, 1.807) is 74.5 Å². The largest absolute Gasteiger partial charge is 0.423 e. The van der Waals surface area contributed by atoms with Crippen LogP contribution in [0.1, 0.15) is 34.0 Å². The molecule has 0 saturated carbocycles. The second kappa shape index (κ2) is 10.6. The van der Waals surface area contributed by atoms with Crippen LogP contribution in [0.25, 0.3) is 0 Å². The first kappa shape index (κ1) is 23.7. The van der Waals surface area contributed by atoms with Gasteiger partial charge >= 0.3 is 17.8 Å². The average molecular weight is 464 g/mol. The highest BCUT2D eigenvalue weighted by molar-refractivity contribution is 6.40. The number of benzene rings is 3. The van der Waals surface area contributed by atoms with Gasteiger partial charge < -0.3 is 10.1 Å². The van der Waals surface area contributed by atoms with Crippen LogP contribution >= 0.6 is 11.6 Å². The summed E-state index contributed by atoms with van der Waals surface area (Å²) in [5, 5.41) is 6.95. The molecule has 0 radical (unpaired) electrons. The third-order valence-electron chi connectivity index (χ3n) is 4.78. The van der Waals surface area contributed by atoms with Crippen molar-refractivity contribution in [3.8, 4) is 5.75 Å². The first-order chi connectivity index (χ1) is 15.7. The molecule has 168 valence electrons. The Balaban J connectivity index is 1.59. The molecule has 8 heteroatoms. The van der Waals surface area contributed by atoms with E-state index in [0.717, 1.165) is 5.56 Å². The summed E-state index contributed by atoms with van der Waals surface area (Å²) in [6.07, 6.45) is 0. The fourth-order valence-electron chi connectivity index (χ4n) is 2.87. The molecule has 0 aliphatic rings. The van der Waals surface area contributed by atoms with Gasteiger partial charge in [0.2, 0.25) is 0 Å². The Morgan fingerprint density at radius 1 is 0.879 bits per heavy atom. The van der Waals surface area contributed by atoms with Crippen LogP contribution in [-0.2, 0) is 9.59 Å². The van der Waals surface area contributed by atoms with Crippen LogP contribution in [-0.4, -0.2) is 23.5 Å². The van der Waals surface area contributed by atoms with Gasteiger partial charge in [-0.05, 0) is 80.4 Å². The summed E-state index contributed by atoms with van der Waals surface area (Å²) < 4.78 is 5.38. The predicted molar refractivity (Wildman–Crippen MR) is 128 cm³/mol. The molecule has 0 bridgehead atoms. The van der Waals surface area contributed by atoms with Gasteiger partial charge in [0, 0.05) is 10.7 Å². The van der Waals surface area contributed by atoms with Crippen LogP contribution in [0, 0.1) is 13.8 Å². The Bertz CT molecular complexity index is 1240. The van der Waals surface area contributed by atoms with E-state index in [-0.39, 0.29) is 0 Å². The summed E-state index contributed by atoms with van der Waals surface area (Å²) in [6.45, 7) is 5.31. The number of amides is 2. The van der Waals surface area contributed by atoms with Gasteiger partial charge in [-0.1, -0.05) is 35.4 Å². The molecule has 0 atom stereocenters. The minimum absolute atomic E-state index is 0.373. The molecule has 0 fully saturated rings. The summed E-state index contributed by atoms with van der Waals surface area (Å²) in [4.78, 5) is 36.5. The number of aryl methyl sites for hydroxylation is 1. The second-order valence-corrected chi connectivity index (χ2v) is 7.70. The smallest absolute Gasteiger partial charge is 0.343 e. The Hall–Kier alpha value is -3.97. The van der Waals surface area contributed by atoms with E-state index < -0.39 is 17.8 Å². The highest BCUT2D eigenvalue weighted by Crippen LogP contribution is 2.22. The fourth-order valence-corrected chi connectivity index (χ4v) is 3.05. The zero-order valence-electron chi connectivity index (χ0n) is 18.3. The Kier molecular flexibility index (Phi) is 7.58. The van der Waals surface area contributed by atoms with Gasteiger partial charge in [-0.25, -0.2) is 10.2 Å². The maximum atomic E-state index is 12.3. The number of hydrogen-bond acceptors (Lipinski definition) is 5. The van der Waals surface area contributed by atoms with Crippen molar-refractivity contribution >= 4 is 40.8 Å². The van der Waals surface area contributed by atoms with Crippen LogP contribution in [0.2, 0.25) is 5.02 Å². The third-order valence-corrected chi connectivity index (χ3v) is 5.19. The van der Waals surface area contributed by atoms with Gasteiger partial charge in [-0.3, -0.25) is 9.59 Å². The Morgan fingerprint density at radius 3 is 2.27 bits per heavy atom. The summed E-state index contributed by atoms with van der Waals surface area (Å²) in [5.74, 6) is -1.86. The van der Waals surface area contributed by atoms with Crippen molar-refractivity contribution in [2.75, 3.05) is 5.32 Å². The molecule has 2 amide bonds. The van der Waals surface area contributed by atoms with Crippen LogP contribution in [0.4, 0.5) is 5.69 Å². The predicted octanol–water partition coefficient (Wildman–Crippen LogP) is 4.65. The number of rotatable bonds is 5. The van der Waals surface area contributed by atoms with Crippen molar-refractivity contribution in [3.63, 3.8) is 0 Å². The SMILES string of the molecule is CC(=NNC(=O)C(=O)Nc1cccc(Cl)c1C)c1ccc(OC(=O)c2cccc(C)c2)cc1. The maximum Gasteiger partial charge on any atom is 0.343 e. The van der Waals surface area contributed by atoms with Crippen molar-refractivity contribution in [2.24, 2.45) is 5.10 Å². The molecule has 7 nitrogen and oxygen atoms in total. The van der Waals surface area contributed by atoms with Crippen molar-refractivity contribution in [1.29, 1.82) is 0 Å². The maximum absolute atomic E-state index is 12.3. The second-order valence-electron chi connectivity index (χ2n) is 7.29. The molecule has 0 unspecified atom stereocenters. The van der Waals surface area contributed by atoms with Crippen molar-refractivity contribution in [1.82, 2.24) is 5.43 Å². The van der Waals surface area contributed by atoms with Crippen LogP contribution < -0.4 is 15.5 Å².